The molecule has 0 saturated carbocycles. The van der Waals surface area contributed by atoms with Gasteiger partial charge in [-0.3, -0.25) is 9.59 Å². The summed E-state index contributed by atoms with van der Waals surface area (Å²) in [6.07, 6.45) is 0.790. The number of para-hydroxylation sites is 1. The number of halogens is 1. The standard InChI is InChI=1S/C21H23ClN2O4/c1-21(2)11-14-5-4-6-17(20(14)28-21)27-13-19(26)24(3)12-18(25)23-16-9-7-15(22)8-10-16/h4-10H,11-13H2,1-3H3,(H,23,25). The van der Waals surface area contributed by atoms with Crippen LogP contribution >= 0.6 is 11.6 Å². The number of carbonyl (C=O) groups is 2. The van der Waals surface area contributed by atoms with Crippen LogP contribution in [0.15, 0.2) is 42.5 Å². The van der Waals surface area contributed by atoms with Crippen molar-refractivity contribution in [2.45, 2.75) is 25.9 Å². The van der Waals surface area contributed by atoms with Gasteiger partial charge in [-0.25, -0.2) is 0 Å². The van der Waals surface area contributed by atoms with E-state index in [1.54, 1.807) is 37.4 Å². The average Bonchev–Trinajstić information content (AvgIpc) is 2.95. The van der Waals surface area contributed by atoms with Crippen molar-refractivity contribution >= 4 is 29.1 Å². The lowest BCUT2D eigenvalue weighted by Gasteiger charge is -2.19. The normalized spacial score (nSPS) is 14.0. The van der Waals surface area contributed by atoms with Crippen LogP contribution in [0.3, 0.4) is 0 Å². The van der Waals surface area contributed by atoms with E-state index < -0.39 is 0 Å². The number of nitrogens with one attached hydrogen (secondary N) is 1. The second kappa shape index (κ2) is 8.10. The van der Waals surface area contributed by atoms with Crippen LogP contribution in [0.1, 0.15) is 19.4 Å². The Kier molecular flexibility index (Phi) is 5.79. The third-order valence-electron chi connectivity index (χ3n) is 4.34. The van der Waals surface area contributed by atoms with E-state index in [2.05, 4.69) is 5.32 Å². The molecule has 1 aliphatic rings. The Morgan fingerprint density at radius 2 is 1.93 bits per heavy atom. The number of amides is 2. The highest BCUT2D eigenvalue weighted by atomic mass is 35.5. The first-order chi connectivity index (χ1) is 13.2. The fraction of sp³-hybridized carbons (Fsp3) is 0.333. The molecule has 0 unspecified atom stereocenters. The maximum Gasteiger partial charge on any atom is 0.260 e. The van der Waals surface area contributed by atoms with Gasteiger partial charge in [0.05, 0.1) is 6.54 Å². The maximum atomic E-state index is 12.3. The van der Waals surface area contributed by atoms with Gasteiger partial charge in [0.1, 0.15) is 5.60 Å². The average molecular weight is 403 g/mol. The molecule has 2 amide bonds. The van der Waals surface area contributed by atoms with Crippen molar-refractivity contribution in [3.05, 3.63) is 53.1 Å². The molecule has 0 aromatic heterocycles. The predicted octanol–water partition coefficient (Wildman–Crippen LogP) is 3.53. The Morgan fingerprint density at radius 1 is 1.21 bits per heavy atom. The molecule has 148 valence electrons. The van der Waals surface area contributed by atoms with E-state index in [0.29, 0.717) is 22.2 Å². The van der Waals surface area contributed by atoms with Crippen LogP contribution in [0.2, 0.25) is 5.02 Å². The molecule has 3 rings (SSSR count). The minimum atomic E-state index is -0.305. The zero-order chi connectivity index (χ0) is 20.3. The van der Waals surface area contributed by atoms with Gasteiger partial charge in [-0.1, -0.05) is 23.7 Å². The van der Waals surface area contributed by atoms with Gasteiger partial charge >= 0.3 is 0 Å². The Hall–Kier alpha value is -2.73. The third-order valence-corrected chi connectivity index (χ3v) is 4.59. The van der Waals surface area contributed by atoms with E-state index in [0.717, 1.165) is 12.0 Å². The summed E-state index contributed by atoms with van der Waals surface area (Å²) < 4.78 is 11.6. The van der Waals surface area contributed by atoms with Gasteiger partial charge in [0.25, 0.3) is 5.91 Å². The van der Waals surface area contributed by atoms with Crippen LogP contribution in [0.25, 0.3) is 0 Å². The van der Waals surface area contributed by atoms with Crippen molar-refractivity contribution in [2.75, 3.05) is 25.5 Å². The minimum Gasteiger partial charge on any atom is -0.483 e. The minimum absolute atomic E-state index is 0.0821. The highest BCUT2D eigenvalue weighted by Gasteiger charge is 2.32. The zero-order valence-electron chi connectivity index (χ0n) is 16.1. The number of benzene rings is 2. The molecule has 1 aliphatic heterocycles. The summed E-state index contributed by atoms with van der Waals surface area (Å²) in [6.45, 7) is 3.76. The Labute approximate surface area is 169 Å². The summed E-state index contributed by atoms with van der Waals surface area (Å²) in [4.78, 5) is 25.8. The molecule has 0 fully saturated rings. The Bertz CT molecular complexity index is 880. The van der Waals surface area contributed by atoms with Crippen molar-refractivity contribution in [3.63, 3.8) is 0 Å². The number of fused-ring (bicyclic) bond motifs is 1. The molecule has 28 heavy (non-hydrogen) atoms. The highest BCUT2D eigenvalue weighted by molar-refractivity contribution is 6.30. The fourth-order valence-electron chi connectivity index (χ4n) is 2.99. The lowest BCUT2D eigenvalue weighted by molar-refractivity contribution is -0.135. The largest absolute Gasteiger partial charge is 0.483 e. The molecule has 7 heteroatoms. The van der Waals surface area contributed by atoms with Gasteiger partial charge in [0, 0.05) is 29.7 Å². The van der Waals surface area contributed by atoms with Crippen LogP contribution in [0.4, 0.5) is 5.69 Å². The summed E-state index contributed by atoms with van der Waals surface area (Å²) in [5.74, 6) is 0.615. The molecule has 0 bridgehead atoms. The zero-order valence-corrected chi connectivity index (χ0v) is 16.9. The van der Waals surface area contributed by atoms with E-state index in [1.165, 1.54) is 4.90 Å². The van der Waals surface area contributed by atoms with Crippen LogP contribution in [0, 0.1) is 0 Å². The molecule has 1 N–H and O–H groups in total. The molecular weight excluding hydrogens is 380 g/mol. The van der Waals surface area contributed by atoms with E-state index in [4.69, 9.17) is 21.1 Å². The second-order valence-corrected chi connectivity index (χ2v) is 7.81. The molecule has 2 aromatic rings. The van der Waals surface area contributed by atoms with Crippen molar-refractivity contribution in [1.29, 1.82) is 0 Å². The van der Waals surface area contributed by atoms with E-state index in [-0.39, 0.29) is 30.6 Å². The molecule has 2 aromatic carbocycles. The van der Waals surface area contributed by atoms with Gasteiger partial charge in [-0.2, -0.15) is 0 Å². The Morgan fingerprint density at radius 3 is 2.64 bits per heavy atom. The van der Waals surface area contributed by atoms with Crippen LogP contribution < -0.4 is 14.8 Å². The summed E-state index contributed by atoms with van der Waals surface area (Å²) in [7, 11) is 1.56. The fourth-order valence-corrected chi connectivity index (χ4v) is 3.11. The molecule has 1 heterocycles. The number of carbonyl (C=O) groups excluding carboxylic acids is 2. The van der Waals surface area contributed by atoms with E-state index in [9.17, 15) is 9.59 Å². The number of ether oxygens (including phenoxy) is 2. The van der Waals surface area contributed by atoms with Crippen molar-refractivity contribution < 1.29 is 19.1 Å². The molecule has 6 nitrogen and oxygen atoms in total. The summed E-state index contributed by atoms with van der Waals surface area (Å²) in [6, 6.07) is 12.4. The number of likely N-dealkylation sites (N-methyl/N-ethyl adjacent to an activating group) is 1. The molecular formula is C21H23ClN2O4. The van der Waals surface area contributed by atoms with Gasteiger partial charge in [-0.15, -0.1) is 0 Å². The molecule has 0 atom stereocenters. The van der Waals surface area contributed by atoms with Crippen LogP contribution in [-0.4, -0.2) is 42.5 Å². The van der Waals surface area contributed by atoms with Crippen LogP contribution in [-0.2, 0) is 16.0 Å². The number of anilines is 1. The lowest BCUT2D eigenvalue weighted by atomic mass is 10.0. The first kappa shape index (κ1) is 20.0. The van der Waals surface area contributed by atoms with Crippen LogP contribution in [0.5, 0.6) is 11.5 Å². The van der Waals surface area contributed by atoms with E-state index in [1.807, 2.05) is 26.0 Å². The monoisotopic (exact) mass is 402 g/mol. The summed E-state index contributed by atoms with van der Waals surface area (Å²) >= 11 is 5.82. The quantitative estimate of drug-likeness (QED) is 0.802. The molecule has 0 saturated heterocycles. The first-order valence-electron chi connectivity index (χ1n) is 8.96. The number of hydrogen-bond acceptors (Lipinski definition) is 4. The predicted molar refractivity (Wildman–Crippen MR) is 108 cm³/mol. The molecule has 0 radical (unpaired) electrons. The number of rotatable bonds is 6. The third kappa shape index (κ3) is 4.95. The summed E-state index contributed by atoms with van der Waals surface area (Å²) in [5, 5.41) is 3.30. The van der Waals surface area contributed by atoms with Crippen molar-refractivity contribution in [1.82, 2.24) is 4.90 Å². The number of hydrogen-bond donors (Lipinski definition) is 1. The smallest absolute Gasteiger partial charge is 0.260 e. The molecule has 0 aliphatic carbocycles. The van der Waals surface area contributed by atoms with Gasteiger partial charge in [-0.05, 0) is 44.2 Å². The van der Waals surface area contributed by atoms with Crippen molar-refractivity contribution in [3.8, 4) is 11.5 Å². The highest BCUT2D eigenvalue weighted by Crippen LogP contribution is 2.41. The second-order valence-electron chi connectivity index (χ2n) is 7.38. The molecule has 0 spiro atoms. The SMILES string of the molecule is CN(CC(=O)Nc1ccc(Cl)cc1)C(=O)COc1cccc2c1OC(C)(C)C2. The van der Waals surface area contributed by atoms with Gasteiger partial charge < -0.3 is 19.7 Å². The summed E-state index contributed by atoms with van der Waals surface area (Å²) in [5.41, 5.74) is 1.39. The van der Waals surface area contributed by atoms with Gasteiger partial charge in [0.15, 0.2) is 18.1 Å². The lowest BCUT2D eigenvalue weighted by Crippen LogP contribution is -2.37. The Balaban J connectivity index is 1.52. The number of nitrogens with zero attached hydrogens (tertiary/aromatic N) is 1. The maximum absolute atomic E-state index is 12.3. The van der Waals surface area contributed by atoms with E-state index >= 15 is 0 Å². The van der Waals surface area contributed by atoms with Crippen molar-refractivity contribution in [2.24, 2.45) is 0 Å². The first-order valence-corrected chi connectivity index (χ1v) is 9.34. The topological polar surface area (TPSA) is 67.9 Å². The van der Waals surface area contributed by atoms with Gasteiger partial charge in [0.2, 0.25) is 5.91 Å².